The number of hydrogen-bond donors (Lipinski definition) is 1. The molecule has 1 heterocycles. The van der Waals surface area contributed by atoms with Gasteiger partial charge in [0.2, 0.25) is 0 Å². The molecule has 1 atom stereocenters. The molecule has 108 valence electrons. The van der Waals surface area contributed by atoms with Gasteiger partial charge < -0.3 is 10.2 Å². The van der Waals surface area contributed by atoms with Gasteiger partial charge in [-0.05, 0) is 35.9 Å². The van der Waals surface area contributed by atoms with Crippen LogP contribution < -0.4 is 5.73 Å². The molecule has 3 rings (SSSR count). The Morgan fingerprint density at radius 1 is 0.857 bits per heavy atom. The zero-order chi connectivity index (χ0) is 15.1. The van der Waals surface area contributed by atoms with Crippen molar-refractivity contribution in [2.75, 3.05) is 0 Å². The minimum atomic E-state index is -0.517. The number of benzene rings is 2. The Kier molecular flexibility index (Phi) is 4.08. The normalized spacial score (nSPS) is 12.8. The van der Waals surface area contributed by atoms with Gasteiger partial charge in [0.1, 0.15) is 5.76 Å². The Hall–Kier alpha value is -0.900. The SMILES string of the molecule is NC(c1cc2cc(Cl)cc(Cl)c2o1)c1ccc(Cl)cc1Cl. The van der Waals surface area contributed by atoms with E-state index in [0.717, 1.165) is 10.9 Å². The zero-order valence-electron chi connectivity index (χ0n) is 10.5. The summed E-state index contributed by atoms with van der Waals surface area (Å²) < 4.78 is 5.75. The molecular formula is C15H9Cl4NO. The molecular weight excluding hydrogens is 352 g/mol. The topological polar surface area (TPSA) is 39.2 Å². The van der Waals surface area contributed by atoms with E-state index < -0.39 is 6.04 Å². The summed E-state index contributed by atoms with van der Waals surface area (Å²) in [7, 11) is 0. The van der Waals surface area contributed by atoms with Crippen molar-refractivity contribution in [2.24, 2.45) is 5.73 Å². The minimum Gasteiger partial charge on any atom is -0.457 e. The number of hydrogen-bond acceptors (Lipinski definition) is 2. The highest BCUT2D eigenvalue weighted by atomic mass is 35.5. The molecule has 0 bridgehead atoms. The van der Waals surface area contributed by atoms with Crippen molar-refractivity contribution in [3.63, 3.8) is 0 Å². The molecule has 0 aliphatic carbocycles. The maximum atomic E-state index is 6.22. The number of nitrogens with two attached hydrogens (primary N) is 1. The lowest BCUT2D eigenvalue weighted by molar-refractivity contribution is 0.525. The van der Waals surface area contributed by atoms with E-state index in [0.29, 0.717) is 31.4 Å². The molecule has 1 aromatic heterocycles. The number of rotatable bonds is 2. The number of fused-ring (bicyclic) bond motifs is 1. The van der Waals surface area contributed by atoms with E-state index in [1.807, 2.05) is 6.07 Å². The van der Waals surface area contributed by atoms with Gasteiger partial charge in [-0.2, -0.15) is 0 Å². The molecule has 0 saturated carbocycles. The largest absolute Gasteiger partial charge is 0.457 e. The summed E-state index contributed by atoms with van der Waals surface area (Å²) >= 11 is 24.2. The molecule has 0 radical (unpaired) electrons. The Morgan fingerprint density at radius 2 is 1.57 bits per heavy atom. The first-order chi connectivity index (χ1) is 9.95. The van der Waals surface area contributed by atoms with Crippen LogP contribution >= 0.6 is 46.4 Å². The second-order valence-electron chi connectivity index (χ2n) is 4.60. The lowest BCUT2D eigenvalue weighted by atomic mass is 10.1. The summed E-state index contributed by atoms with van der Waals surface area (Å²) in [6, 6.07) is 9.84. The van der Waals surface area contributed by atoms with E-state index in [4.69, 9.17) is 56.6 Å². The van der Waals surface area contributed by atoms with Gasteiger partial charge in [-0.1, -0.05) is 52.5 Å². The summed E-state index contributed by atoms with van der Waals surface area (Å²) in [5, 5.41) is 2.81. The van der Waals surface area contributed by atoms with E-state index in [-0.39, 0.29) is 0 Å². The van der Waals surface area contributed by atoms with Crippen LogP contribution in [0.4, 0.5) is 0 Å². The summed E-state index contributed by atoms with van der Waals surface area (Å²) in [6.07, 6.45) is 0. The first-order valence-corrected chi connectivity index (χ1v) is 7.56. The Balaban J connectivity index is 2.09. The van der Waals surface area contributed by atoms with Crippen LogP contribution in [0.2, 0.25) is 20.1 Å². The fourth-order valence-electron chi connectivity index (χ4n) is 2.16. The third-order valence-corrected chi connectivity index (χ3v) is 4.22. The van der Waals surface area contributed by atoms with Crippen molar-refractivity contribution in [1.29, 1.82) is 0 Å². The molecule has 0 amide bonds. The monoisotopic (exact) mass is 359 g/mol. The third-order valence-electron chi connectivity index (χ3n) is 3.16. The average molecular weight is 361 g/mol. The first kappa shape index (κ1) is 15.0. The van der Waals surface area contributed by atoms with Crippen molar-refractivity contribution < 1.29 is 4.42 Å². The van der Waals surface area contributed by atoms with Gasteiger partial charge in [-0.3, -0.25) is 0 Å². The first-order valence-electron chi connectivity index (χ1n) is 6.04. The highest BCUT2D eigenvalue weighted by Gasteiger charge is 2.18. The van der Waals surface area contributed by atoms with Crippen LogP contribution in [0.25, 0.3) is 11.0 Å². The Labute approximate surface area is 141 Å². The van der Waals surface area contributed by atoms with Crippen LogP contribution in [0.15, 0.2) is 40.8 Å². The lowest BCUT2D eigenvalue weighted by Crippen LogP contribution is -2.11. The molecule has 0 saturated heterocycles. The van der Waals surface area contributed by atoms with Crippen LogP contribution in [0, 0.1) is 0 Å². The fraction of sp³-hybridized carbons (Fsp3) is 0.0667. The van der Waals surface area contributed by atoms with Gasteiger partial charge in [-0.25, -0.2) is 0 Å². The van der Waals surface area contributed by atoms with Gasteiger partial charge in [0.05, 0.1) is 11.1 Å². The maximum Gasteiger partial charge on any atom is 0.153 e. The molecule has 3 aromatic rings. The Morgan fingerprint density at radius 3 is 2.29 bits per heavy atom. The van der Waals surface area contributed by atoms with Crippen molar-refractivity contribution in [3.05, 3.63) is 67.8 Å². The molecule has 0 fully saturated rings. The van der Waals surface area contributed by atoms with Crippen molar-refractivity contribution in [3.8, 4) is 0 Å². The van der Waals surface area contributed by atoms with Crippen LogP contribution in [0.1, 0.15) is 17.4 Å². The molecule has 2 aromatic carbocycles. The number of furan rings is 1. The van der Waals surface area contributed by atoms with Crippen LogP contribution in [0.5, 0.6) is 0 Å². The van der Waals surface area contributed by atoms with E-state index in [1.54, 1.807) is 30.3 Å². The highest BCUT2D eigenvalue weighted by Crippen LogP contribution is 2.35. The molecule has 6 heteroatoms. The number of halogens is 4. The van der Waals surface area contributed by atoms with Crippen molar-refractivity contribution in [2.45, 2.75) is 6.04 Å². The molecule has 2 nitrogen and oxygen atoms in total. The van der Waals surface area contributed by atoms with Crippen molar-refractivity contribution in [1.82, 2.24) is 0 Å². The standard InChI is InChI=1S/C15H9Cl4NO/c16-8-1-2-10(11(18)5-8)14(20)13-4-7-3-9(17)6-12(19)15(7)21-13/h1-6,14H,20H2. The van der Waals surface area contributed by atoms with Gasteiger partial charge >= 0.3 is 0 Å². The minimum absolute atomic E-state index is 0.443. The second kappa shape index (κ2) is 5.71. The van der Waals surface area contributed by atoms with Gasteiger partial charge in [0.15, 0.2) is 5.58 Å². The molecule has 0 spiro atoms. The maximum absolute atomic E-state index is 6.22. The second-order valence-corrected chi connectivity index (χ2v) is 6.29. The quantitative estimate of drug-likeness (QED) is 0.600. The summed E-state index contributed by atoms with van der Waals surface area (Å²) in [4.78, 5) is 0. The van der Waals surface area contributed by atoms with Gasteiger partial charge in [0.25, 0.3) is 0 Å². The summed E-state index contributed by atoms with van der Waals surface area (Å²) in [6.45, 7) is 0. The van der Waals surface area contributed by atoms with E-state index in [2.05, 4.69) is 0 Å². The van der Waals surface area contributed by atoms with E-state index in [9.17, 15) is 0 Å². The van der Waals surface area contributed by atoms with E-state index in [1.165, 1.54) is 0 Å². The molecule has 0 aliphatic heterocycles. The molecule has 2 N–H and O–H groups in total. The van der Waals surface area contributed by atoms with Gasteiger partial charge in [-0.15, -0.1) is 0 Å². The molecule has 21 heavy (non-hydrogen) atoms. The summed E-state index contributed by atoms with van der Waals surface area (Å²) in [5.74, 6) is 0.554. The molecule has 1 unspecified atom stereocenters. The molecule has 0 aliphatic rings. The summed E-state index contributed by atoms with van der Waals surface area (Å²) in [5.41, 5.74) is 7.50. The highest BCUT2D eigenvalue weighted by molar-refractivity contribution is 6.38. The predicted octanol–water partition coefficient (Wildman–Crippen LogP) is 6.09. The smallest absolute Gasteiger partial charge is 0.153 e. The van der Waals surface area contributed by atoms with Gasteiger partial charge in [0, 0.05) is 20.5 Å². The van der Waals surface area contributed by atoms with Crippen LogP contribution in [-0.2, 0) is 0 Å². The lowest BCUT2D eigenvalue weighted by Gasteiger charge is -2.11. The third kappa shape index (κ3) is 2.87. The van der Waals surface area contributed by atoms with Crippen molar-refractivity contribution >= 4 is 57.4 Å². The fourth-order valence-corrected chi connectivity index (χ4v) is 3.23. The zero-order valence-corrected chi connectivity index (χ0v) is 13.6. The predicted molar refractivity (Wildman–Crippen MR) is 88.7 cm³/mol. The van der Waals surface area contributed by atoms with Crippen LogP contribution in [-0.4, -0.2) is 0 Å². The average Bonchev–Trinajstić information content (AvgIpc) is 2.82. The Bertz CT molecular complexity index is 828. The van der Waals surface area contributed by atoms with Crippen LogP contribution in [0.3, 0.4) is 0 Å². The van der Waals surface area contributed by atoms with E-state index >= 15 is 0 Å².